The molecular formula is C15H15N3S. The van der Waals surface area contributed by atoms with Crippen LogP contribution >= 0.6 is 11.3 Å². The molecule has 3 aromatic rings. The van der Waals surface area contributed by atoms with Crippen molar-refractivity contribution >= 4 is 22.2 Å². The third kappa shape index (κ3) is 1.98. The zero-order valence-electron chi connectivity index (χ0n) is 11.2. The van der Waals surface area contributed by atoms with Gasteiger partial charge in [0.1, 0.15) is 16.8 Å². The lowest BCUT2D eigenvalue weighted by molar-refractivity contribution is 0.925. The number of nitrogens with zero attached hydrogens (tertiary/aromatic N) is 2. The lowest BCUT2D eigenvalue weighted by atomic mass is 10.1. The summed E-state index contributed by atoms with van der Waals surface area (Å²) in [7, 11) is 0. The van der Waals surface area contributed by atoms with Crippen molar-refractivity contribution in [2.45, 2.75) is 20.8 Å². The van der Waals surface area contributed by atoms with Crippen molar-refractivity contribution in [2.24, 2.45) is 0 Å². The van der Waals surface area contributed by atoms with Crippen LogP contribution in [0.15, 0.2) is 30.6 Å². The van der Waals surface area contributed by atoms with Crippen molar-refractivity contribution in [3.8, 4) is 5.00 Å². The Bertz CT molecular complexity index is 827. The van der Waals surface area contributed by atoms with Gasteiger partial charge in [0.25, 0.3) is 0 Å². The van der Waals surface area contributed by atoms with E-state index in [0.29, 0.717) is 5.49 Å². The summed E-state index contributed by atoms with van der Waals surface area (Å²) in [4.78, 5) is 5.72. The highest BCUT2D eigenvalue weighted by molar-refractivity contribution is 7.14. The lowest BCUT2D eigenvalue weighted by Crippen LogP contribution is -2.18. The normalized spacial score (nSPS) is 11.1. The molecular weight excluding hydrogens is 254 g/mol. The van der Waals surface area contributed by atoms with Crippen LogP contribution in [0, 0.1) is 26.2 Å². The molecule has 0 aliphatic heterocycles. The Morgan fingerprint density at radius 2 is 1.84 bits per heavy atom. The van der Waals surface area contributed by atoms with Crippen LogP contribution in [-0.4, -0.2) is 9.55 Å². The van der Waals surface area contributed by atoms with E-state index in [1.54, 1.807) is 17.7 Å². The first-order valence-electron chi connectivity index (χ1n) is 6.16. The zero-order valence-corrected chi connectivity index (χ0v) is 12.0. The van der Waals surface area contributed by atoms with E-state index in [-0.39, 0.29) is 0 Å². The van der Waals surface area contributed by atoms with Gasteiger partial charge in [-0.25, -0.2) is 4.98 Å². The van der Waals surface area contributed by atoms with Gasteiger partial charge in [-0.1, -0.05) is 0 Å². The largest absolute Gasteiger partial charge is 0.283 e. The SMILES string of the molecule is Cc1ccc(-n2cnc3cc(C)c(C)cc3c2=N)s1. The summed E-state index contributed by atoms with van der Waals surface area (Å²) in [6.07, 6.45) is 1.74. The molecule has 0 amide bonds. The number of aryl methyl sites for hydroxylation is 3. The number of fused-ring (bicyclic) bond motifs is 1. The first-order valence-corrected chi connectivity index (χ1v) is 6.98. The average molecular weight is 269 g/mol. The van der Waals surface area contributed by atoms with Gasteiger partial charge in [0.15, 0.2) is 0 Å². The highest BCUT2D eigenvalue weighted by Gasteiger charge is 2.06. The van der Waals surface area contributed by atoms with Gasteiger partial charge in [0.2, 0.25) is 0 Å². The second kappa shape index (κ2) is 4.31. The molecule has 0 aliphatic rings. The molecule has 2 heterocycles. The monoisotopic (exact) mass is 269 g/mol. The van der Waals surface area contributed by atoms with Crippen LogP contribution in [0.5, 0.6) is 0 Å². The molecule has 3 nitrogen and oxygen atoms in total. The van der Waals surface area contributed by atoms with E-state index in [2.05, 4.69) is 37.9 Å². The number of hydrogen-bond acceptors (Lipinski definition) is 3. The number of hydrogen-bond donors (Lipinski definition) is 1. The van der Waals surface area contributed by atoms with Crippen LogP contribution < -0.4 is 5.49 Å². The molecule has 0 fully saturated rings. The van der Waals surface area contributed by atoms with E-state index in [1.807, 2.05) is 16.7 Å². The third-order valence-electron chi connectivity index (χ3n) is 3.38. The lowest BCUT2D eigenvalue weighted by Gasteiger charge is -2.08. The number of aromatic nitrogens is 2. The second-order valence-electron chi connectivity index (χ2n) is 4.80. The smallest absolute Gasteiger partial charge is 0.140 e. The number of benzene rings is 1. The molecule has 0 bridgehead atoms. The van der Waals surface area contributed by atoms with Crippen molar-refractivity contribution < 1.29 is 0 Å². The minimum atomic E-state index is 0.495. The van der Waals surface area contributed by atoms with Gasteiger partial charge in [-0.05, 0) is 56.2 Å². The number of nitrogens with one attached hydrogen (secondary N) is 1. The highest BCUT2D eigenvalue weighted by atomic mass is 32.1. The average Bonchev–Trinajstić information content (AvgIpc) is 2.79. The van der Waals surface area contributed by atoms with Gasteiger partial charge in [-0.2, -0.15) is 0 Å². The maximum atomic E-state index is 8.38. The Morgan fingerprint density at radius 1 is 1.11 bits per heavy atom. The summed E-state index contributed by atoms with van der Waals surface area (Å²) in [6.45, 7) is 6.21. The molecule has 3 rings (SSSR count). The van der Waals surface area contributed by atoms with E-state index in [1.165, 1.54) is 16.0 Å². The minimum Gasteiger partial charge on any atom is -0.283 e. The van der Waals surface area contributed by atoms with E-state index >= 15 is 0 Å². The van der Waals surface area contributed by atoms with Crippen molar-refractivity contribution in [3.63, 3.8) is 0 Å². The highest BCUT2D eigenvalue weighted by Crippen LogP contribution is 2.20. The molecule has 1 N–H and O–H groups in total. The molecule has 0 aliphatic carbocycles. The van der Waals surface area contributed by atoms with Crippen LogP contribution in [0.2, 0.25) is 0 Å². The summed E-state index contributed by atoms with van der Waals surface area (Å²) in [5.74, 6) is 0. The molecule has 0 unspecified atom stereocenters. The third-order valence-corrected chi connectivity index (χ3v) is 4.38. The van der Waals surface area contributed by atoms with Crippen molar-refractivity contribution in [2.75, 3.05) is 0 Å². The quantitative estimate of drug-likeness (QED) is 0.722. The van der Waals surface area contributed by atoms with Gasteiger partial charge >= 0.3 is 0 Å². The summed E-state index contributed by atoms with van der Waals surface area (Å²) in [5, 5.41) is 10.3. The fourth-order valence-electron chi connectivity index (χ4n) is 2.12. The predicted molar refractivity (Wildman–Crippen MR) is 79.0 cm³/mol. The summed E-state index contributed by atoms with van der Waals surface area (Å²) >= 11 is 1.67. The molecule has 2 aromatic heterocycles. The molecule has 1 aromatic carbocycles. The Kier molecular flexibility index (Phi) is 2.75. The standard InChI is InChI=1S/C15H15N3S/c1-9-6-12-13(7-10(9)2)17-8-18(15(12)16)14-5-4-11(3)19-14/h4-8,16H,1-3H3. The van der Waals surface area contributed by atoms with Crippen LogP contribution in [0.1, 0.15) is 16.0 Å². The van der Waals surface area contributed by atoms with Gasteiger partial charge in [-0.15, -0.1) is 11.3 Å². The molecule has 19 heavy (non-hydrogen) atoms. The summed E-state index contributed by atoms with van der Waals surface area (Å²) in [6, 6.07) is 8.20. The Morgan fingerprint density at radius 3 is 2.53 bits per heavy atom. The van der Waals surface area contributed by atoms with Crippen LogP contribution in [0.4, 0.5) is 0 Å². The summed E-state index contributed by atoms with van der Waals surface area (Å²) < 4.78 is 1.84. The molecule has 4 heteroatoms. The summed E-state index contributed by atoms with van der Waals surface area (Å²) in [5.41, 5.74) is 3.79. The molecule has 0 saturated heterocycles. The minimum absolute atomic E-state index is 0.495. The van der Waals surface area contributed by atoms with E-state index in [4.69, 9.17) is 5.41 Å². The van der Waals surface area contributed by atoms with Crippen molar-refractivity contribution in [3.05, 3.63) is 52.1 Å². The molecule has 96 valence electrons. The molecule has 0 saturated carbocycles. The van der Waals surface area contributed by atoms with Crippen LogP contribution in [0.25, 0.3) is 15.9 Å². The van der Waals surface area contributed by atoms with Gasteiger partial charge in [-0.3, -0.25) is 9.98 Å². The molecule has 0 atom stereocenters. The Hall–Kier alpha value is -1.94. The van der Waals surface area contributed by atoms with E-state index in [0.717, 1.165) is 15.9 Å². The predicted octanol–water partition coefficient (Wildman–Crippen LogP) is 3.49. The Labute approximate surface area is 115 Å². The molecule has 0 spiro atoms. The fourth-order valence-corrected chi connectivity index (χ4v) is 2.96. The maximum Gasteiger partial charge on any atom is 0.140 e. The van der Waals surface area contributed by atoms with Crippen LogP contribution in [0.3, 0.4) is 0 Å². The maximum absolute atomic E-state index is 8.38. The number of rotatable bonds is 1. The Balaban J connectivity index is 2.32. The zero-order chi connectivity index (χ0) is 13.6. The molecule has 0 radical (unpaired) electrons. The van der Waals surface area contributed by atoms with Gasteiger partial charge in [0.05, 0.1) is 5.52 Å². The first-order chi connectivity index (χ1) is 9.06. The number of thiophene rings is 1. The van der Waals surface area contributed by atoms with Gasteiger partial charge in [0, 0.05) is 10.3 Å². The van der Waals surface area contributed by atoms with Gasteiger partial charge < -0.3 is 0 Å². The van der Waals surface area contributed by atoms with Crippen molar-refractivity contribution in [1.82, 2.24) is 9.55 Å². The van der Waals surface area contributed by atoms with E-state index < -0.39 is 0 Å². The first kappa shape index (κ1) is 12.1. The van der Waals surface area contributed by atoms with Crippen LogP contribution in [-0.2, 0) is 0 Å². The van der Waals surface area contributed by atoms with E-state index in [9.17, 15) is 0 Å². The van der Waals surface area contributed by atoms with Crippen molar-refractivity contribution in [1.29, 1.82) is 5.41 Å². The fraction of sp³-hybridized carbons (Fsp3) is 0.200. The second-order valence-corrected chi connectivity index (χ2v) is 6.07. The topological polar surface area (TPSA) is 41.7 Å².